The van der Waals surface area contributed by atoms with Crippen LogP contribution in [0.5, 0.6) is 0 Å². The third-order valence-corrected chi connectivity index (χ3v) is 3.28. The lowest BCUT2D eigenvalue weighted by Crippen LogP contribution is -2.19. The molecule has 0 saturated heterocycles. The molecule has 0 saturated carbocycles. The number of hydrogen-bond donors (Lipinski definition) is 1. The first-order valence-electron chi connectivity index (χ1n) is 6.95. The van der Waals surface area contributed by atoms with Crippen LogP contribution in [-0.4, -0.2) is 11.0 Å². The van der Waals surface area contributed by atoms with E-state index >= 15 is 0 Å². The van der Waals surface area contributed by atoms with E-state index in [4.69, 9.17) is 0 Å². The van der Waals surface area contributed by atoms with Crippen molar-refractivity contribution in [3.8, 4) is 0 Å². The molecule has 0 aliphatic rings. The topological polar surface area (TPSA) is 24.9 Å². The van der Waals surface area contributed by atoms with Crippen LogP contribution in [0.4, 0.5) is 5.69 Å². The van der Waals surface area contributed by atoms with E-state index in [1.807, 2.05) is 12.3 Å². The summed E-state index contributed by atoms with van der Waals surface area (Å²) >= 11 is 0. The van der Waals surface area contributed by atoms with Gasteiger partial charge in [-0.05, 0) is 37.1 Å². The van der Waals surface area contributed by atoms with Crippen molar-refractivity contribution in [3.05, 3.63) is 36.5 Å². The minimum absolute atomic E-state index is 0.575. The van der Waals surface area contributed by atoms with E-state index in [0.717, 1.165) is 5.52 Å². The molecule has 2 heteroatoms. The fourth-order valence-corrected chi connectivity index (χ4v) is 2.43. The SMILES string of the molecule is CCCC(CCC)Nc1cccc2ncccc12. The Morgan fingerprint density at radius 3 is 2.56 bits per heavy atom. The van der Waals surface area contributed by atoms with Gasteiger partial charge in [0, 0.05) is 23.3 Å². The summed E-state index contributed by atoms with van der Waals surface area (Å²) in [5.41, 5.74) is 2.28. The lowest BCUT2D eigenvalue weighted by atomic mass is 10.1. The van der Waals surface area contributed by atoms with Crippen LogP contribution in [0.2, 0.25) is 0 Å². The van der Waals surface area contributed by atoms with Gasteiger partial charge in [0.15, 0.2) is 0 Å². The maximum atomic E-state index is 4.40. The molecular formula is C16H22N2. The van der Waals surface area contributed by atoms with Gasteiger partial charge in [0.2, 0.25) is 0 Å². The number of pyridine rings is 1. The summed E-state index contributed by atoms with van der Waals surface area (Å²) in [6, 6.07) is 11.0. The number of rotatable bonds is 6. The molecule has 1 aromatic heterocycles. The van der Waals surface area contributed by atoms with Crippen LogP contribution in [-0.2, 0) is 0 Å². The highest BCUT2D eigenvalue weighted by Gasteiger charge is 2.08. The molecule has 0 atom stereocenters. The standard InChI is InChI=1S/C16H22N2/c1-3-7-13(8-4-2)18-16-11-5-10-15-14(16)9-6-12-17-15/h5-6,9-13,18H,3-4,7-8H2,1-2H3. The number of benzene rings is 1. The molecule has 2 rings (SSSR count). The van der Waals surface area contributed by atoms with Crippen LogP contribution < -0.4 is 5.32 Å². The molecule has 0 spiro atoms. The molecule has 2 nitrogen and oxygen atoms in total. The van der Waals surface area contributed by atoms with Crippen molar-refractivity contribution in [2.45, 2.75) is 45.6 Å². The van der Waals surface area contributed by atoms with Crippen LogP contribution in [0.3, 0.4) is 0 Å². The number of nitrogens with zero attached hydrogens (tertiary/aromatic N) is 1. The van der Waals surface area contributed by atoms with Crippen LogP contribution in [0.1, 0.15) is 39.5 Å². The van der Waals surface area contributed by atoms with E-state index in [1.54, 1.807) is 0 Å². The second kappa shape index (κ2) is 6.39. The average Bonchev–Trinajstić information content (AvgIpc) is 2.40. The highest BCUT2D eigenvalue weighted by Crippen LogP contribution is 2.23. The average molecular weight is 242 g/mol. The molecule has 0 unspecified atom stereocenters. The maximum absolute atomic E-state index is 4.40. The summed E-state index contributed by atoms with van der Waals surface area (Å²) in [4.78, 5) is 4.40. The Hall–Kier alpha value is -1.57. The van der Waals surface area contributed by atoms with E-state index in [2.05, 4.69) is 48.4 Å². The summed E-state index contributed by atoms with van der Waals surface area (Å²) in [5, 5.41) is 4.90. The first kappa shape index (κ1) is 12.9. The third kappa shape index (κ3) is 3.00. The Morgan fingerprint density at radius 2 is 1.83 bits per heavy atom. The second-order valence-electron chi connectivity index (χ2n) is 4.79. The van der Waals surface area contributed by atoms with Crippen molar-refractivity contribution >= 4 is 16.6 Å². The molecule has 1 N–H and O–H groups in total. The Labute approximate surface area is 109 Å². The van der Waals surface area contributed by atoms with Crippen molar-refractivity contribution in [3.63, 3.8) is 0 Å². The number of anilines is 1. The number of fused-ring (bicyclic) bond motifs is 1. The van der Waals surface area contributed by atoms with Gasteiger partial charge in [-0.2, -0.15) is 0 Å². The molecular weight excluding hydrogens is 220 g/mol. The van der Waals surface area contributed by atoms with Crippen molar-refractivity contribution in [2.24, 2.45) is 0 Å². The summed E-state index contributed by atoms with van der Waals surface area (Å²) in [6.07, 6.45) is 6.75. The van der Waals surface area contributed by atoms with Gasteiger partial charge in [0.05, 0.1) is 5.52 Å². The molecule has 0 amide bonds. The van der Waals surface area contributed by atoms with Crippen molar-refractivity contribution in [1.82, 2.24) is 4.98 Å². The maximum Gasteiger partial charge on any atom is 0.0722 e. The van der Waals surface area contributed by atoms with Crippen LogP contribution in [0, 0.1) is 0 Å². The van der Waals surface area contributed by atoms with Crippen molar-refractivity contribution < 1.29 is 0 Å². The number of nitrogens with one attached hydrogen (secondary N) is 1. The molecule has 0 bridgehead atoms. The van der Waals surface area contributed by atoms with E-state index in [0.29, 0.717) is 6.04 Å². The second-order valence-corrected chi connectivity index (χ2v) is 4.79. The van der Waals surface area contributed by atoms with E-state index in [9.17, 15) is 0 Å². The zero-order chi connectivity index (χ0) is 12.8. The van der Waals surface area contributed by atoms with Gasteiger partial charge in [-0.25, -0.2) is 0 Å². The summed E-state index contributed by atoms with van der Waals surface area (Å²) in [7, 11) is 0. The normalized spacial score (nSPS) is 11.1. The highest BCUT2D eigenvalue weighted by atomic mass is 14.9. The fourth-order valence-electron chi connectivity index (χ4n) is 2.43. The third-order valence-electron chi connectivity index (χ3n) is 3.28. The molecule has 2 aromatic rings. The van der Waals surface area contributed by atoms with E-state index < -0.39 is 0 Å². The van der Waals surface area contributed by atoms with Gasteiger partial charge in [-0.15, -0.1) is 0 Å². The smallest absolute Gasteiger partial charge is 0.0722 e. The van der Waals surface area contributed by atoms with Gasteiger partial charge in [0.1, 0.15) is 0 Å². The summed E-state index contributed by atoms with van der Waals surface area (Å²) in [6.45, 7) is 4.49. The minimum atomic E-state index is 0.575. The highest BCUT2D eigenvalue weighted by molar-refractivity contribution is 5.91. The lowest BCUT2D eigenvalue weighted by Gasteiger charge is -2.19. The van der Waals surface area contributed by atoms with Crippen molar-refractivity contribution in [2.75, 3.05) is 5.32 Å². The predicted octanol–water partition coefficient (Wildman–Crippen LogP) is 4.62. The molecule has 0 aliphatic carbocycles. The van der Waals surface area contributed by atoms with Gasteiger partial charge in [-0.1, -0.05) is 32.8 Å². The number of hydrogen-bond acceptors (Lipinski definition) is 2. The Bertz CT molecular complexity index is 482. The van der Waals surface area contributed by atoms with Gasteiger partial charge < -0.3 is 5.32 Å². The van der Waals surface area contributed by atoms with Crippen LogP contribution in [0.25, 0.3) is 10.9 Å². The molecule has 0 aliphatic heterocycles. The molecule has 0 fully saturated rings. The largest absolute Gasteiger partial charge is 0.382 e. The monoisotopic (exact) mass is 242 g/mol. The van der Waals surface area contributed by atoms with Gasteiger partial charge in [-0.3, -0.25) is 4.98 Å². The lowest BCUT2D eigenvalue weighted by molar-refractivity contribution is 0.587. The molecule has 96 valence electrons. The summed E-state index contributed by atoms with van der Waals surface area (Å²) < 4.78 is 0. The molecule has 1 aromatic carbocycles. The predicted molar refractivity (Wildman–Crippen MR) is 79.0 cm³/mol. The van der Waals surface area contributed by atoms with Gasteiger partial charge >= 0.3 is 0 Å². The molecule has 0 radical (unpaired) electrons. The quantitative estimate of drug-likeness (QED) is 0.799. The minimum Gasteiger partial charge on any atom is -0.382 e. The van der Waals surface area contributed by atoms with E-state index in [-0.39, 0.29) is 0 Å². The zero-order valence-electron chi connectivity index (χ0n) is 11.3. The first-order valence-corrected chi connectivity index (χ1v) is 6.95. The first-order chi connectivity index (χ1) is 8.85. The Morgan fingerprint density at radius 1 is 1.06 bits per heavy atom. The summed E-state index contributed by atoms with van der Waals surface area (Å²) in [5.74, 6) is 0. The Balaban J connectivity index is 2.24. The molecule has 18 heavy (non-hydrogen) atoms. The Kier molecular flexibility index (Phi) is 4.57. The van der Waals surface area contributed by atoms with Crippen LogP contribution in [0.15, 0.2) is 36.5 Å². The van der Waals surface area contributed by atoms with Crippen LogP contribution >= 0.6 is 0 Å². The molecule has 1 heterocycles. The van der Waals surface area contributed by atoms with Gasteiger partial charge in [0.25, 0.3) is 0 Å². The van der Waals surface area contributed by atoms with Crippen molar-refractivity contribution in [1.29, 1.82) is 0 Å². The number of aromatic nitrogens is 1. The fraction of sp³-hybridized carbons (Fsp3) is 0.438. The van der Waals surface area contributed by atoms with E-state index in [1.165, 1.54) is 36.8 Å². The zero-order valence-corrected chi connectivity index (χ0v) is 11.3.